The van der Waals surface area contributed by atoms with Crippen molar-refractivity contribution in [2.24, 2.45) is 0 Å². The third-order valence-corrected chi connectivity index (χ3v) is 3.08. The van der Waals surface area contributed by atoms with Crippen LogP contribution in [0.25, 0.3) is 0 Å². The maximum absolute atomic E-state index is 10.6. The third kappa shape index (κ3) is 4.00. The van der Waals surface area contributed by atoms with Crippen molar-refractivity contribution in [2.75, 3.05) is 25.5 Å². The zero-order valence-electron chi connectivity index (χ0n) is 11.4. The van der Waals surface area contributed by atoms with Gasteiger partial charge in [-0.2, -0.15) is 0 Å². The summed E-state index contributed by atoms with van der Waals surface area (Å²) >= 11 is 0. The van der Waals surface area contributed by atoms with Crippen molar-refractivity contribution in [3.05, 3.63) is 33.9 Å². The van der Waals surface area contributed by atoms with Gasteiger partial charge in [0, 0.05) is 37.0 Å². The average Bonchev–Trinajstić information content (AvgIpc) is 2.30. The van der Waals surface area contributed by atoms with Crippen LogP contribution in [0.4, 0.5) is 11.4 Å². The van der Waals surface area contributed by atoms with Gasteiger partial charge in [0.15, 0.2) is 0 Å². The minimum Gasteiger partial charge on any atom is -0.384 e. The van der Waals surface area contributed by atoms with E-state index in [1.54, 1.807) is 12.1 Å². The number of rotatable bonds is 6. The molecule has 1 aromatic rings. The highest BCUT2D eigenvalue weighted by atomic mass is 16.6. The van der Waals surface area contributed by atoms with E-state index in [0.29, 0.717) is 6.04 Å². The largest absolute Gasteiger partial charge is 0.384 e. The number of nitrogens with one attached hydrogen (secondary N) is 1. The van der Waals surface area contributed by atoms with Gasteiger partial charge in [0.25, 0.3) is 5.69 Å². The number of anilines is 1. The zero-order valence-corrected chi connectivity index (χ0v) is 11.4. The van der Waals surface area contributed by atoms with Crippen LogP contribution in [0.3, 0.4) is 0 Å². The van der Waals surface area contributed by atoms with Gasteiger partial charge in [0.1, 0.15) is 0 Å². The molecule has 100 valence electrons. The molecular weight excluding hydrogens is 230 g/mol. The van der Waals surface area contributed by atoms with Crippen LogP contribution in [-0.4, -0.2) is 36.0 Å². The summed E-state index contributed by atoms with van der Waals surface area (Å²) in [4.78, 5) is 12.5. The molecule has 5 heteroatoms. The van der Waals surface area contributed by atoms with Gasteiger partial charge in [-0.3, -0.25) is 10.1 Å². The molecule has 0 fully saturated rings. The van der Waals surface area contributed by atoms with E-state index in [9.17, 15) is 10.1 Å². The Morgan fingerprint density at radius 1 is 1.44 bits per heavy atom. The van der Waals surface area contributed by atoms with Crippen molar-refractivity contribution < 1.29 is 4.92 Å². The van der Waals surface area contributed by atoms with Crippen molar-refractivity contribution >= 4 is 11.4 Å². The second kappa shape index (κ2) is 6.35. The fourth-order valence-corrected chi connectivity index (χ4v) is 1.58. The van der Waals surface area contributed by atoms with Crippen LogP contribution in [0.1, 0.15) is 19.4 Å². The normalized spacial score (nSPS) is 11.0. The van der Waals surface area contributed by atoms with Crippen molar-refractivity contribution in [3.63, 3.8) is 0 Å². The first-order chi connectivity index (χ1) is 8.41. The van der Waals surface area contributed by atoms with Crippen LogP contribution in [0.2, 0.25) is 0 Å². The minimum atomic E-state index is -0.372. The Bertz CT molecular complexity index is 419. The molecule has 1 rings (SSSR count). The molecule has 0 bridgehead atoms. The number of non-ortho nitro benzene ring substituents is 1. The van der Waals surface area contributed by atoms with Gasteiger partial charge in [-0.1, -0.05) is 0 Å². The summed E-state index contributed by atoms with van der Waals surface area (Å²) in [5, 5.41) is 13.9. The van der Waals surface area contributed by atoms with Crippen LogP contribution in [0, 0.1) is 17.0 Å². The lowest BCUT2D eigenvalue weighted by Crippen LogP contribution is -2.31. The van der Waals surface area contributed by atoms with Crippen molar-refractivity contribution in [1.29, 1.82) is 0 Å². The summed E-state index contributed by atoms with van der Waals surface area (Å²) in [6.07, 6.45) is 0. The molecule has 0 amide bonds. The third-order valence-electron chi connectivity index (χ3n) is 3.08. The van der Waals surface area contributed by atoms with Gasteiger partial charge < -0.3 is 10.2 Å². The molecular formula is C13H21N3O2. The fraction of sp³-hybridized carbons (Fsp3) is 0.538. The highest BCUT2D eigenvalue weighted by Crippen LogP contribution is 2.20. The number of likely N-dealkylation sites (N-methyl/N-ethyl adjacent to an activating group) is 1. The Morgan fingerprint density at radius 2 is 2.11 bits per heavy atom. The van der Waals surface area contributed by atoms with E-state index in [0.717, 1.165) is 24.3 Å². The maximum Gasteiger partial charge on any atom is 0.269 e. The van der Waals surface area contributed by atoms with Gasteiger partial charge in [0.2, 0.25) is 0 Å². The molecule has 0 aliphatic heterocycles. The topological polar surface area (TPSA) is 58.4 Å². The second-order valence-corrected chi connectivity index (χ2v) is 4.76. The summed E-state index contributed by atoms with van der Waals surface area (Å²) in [6.45, 7) is 7.94. The standard InChI is InChI=1S/C13H21N3O2/c1-10(2)15(4)8-7-14-13-6-5-12(16(17)18)9-11(13)3/h5-6,9-10,14H,7-8H2,1-4H3. The first-order valence-corrected chi connectivity index (χ1v) is 6.11. The van der Waals surface area contributed by atoms with Gasteiger partial charge in [-0.25, -0.2) is 0 Å². The van der Waals surface area contributed by atoms with Crippen LogP contribution in [0.5, 0.6) is 0 Å². The fourth-order valence-electron chi connectivity index (χ4n) is 1.58. The molecule has 5 nitrogen and oxygen atoms in total. The predicted octanol–water partition coefficient (Wildman–Crippen LogP) is 2.66. The molecule has 18 heavy (non-hydrogen) atoms. The smallest absolute Gasteiger partial charge is 0.269 e. The van der Waals surface area contributed by atoms with Gasteiger partial charge >= 0.3 is 0 Å². The van der Waals surface area contributed by atoms with Crippen molar-refractivity contribution in [1.82, 2.24) is 4.90 Å². The van der Waals surface area contributed by atoms with E-state index < -0.39 is 0 Å². The first-order valence-electron chi connectivity index (χ1n) is 6.11. The molecule has 0 heterocycles. The van der Waals surface area contributed by atoms with Crippen molar-refractivity contribution in [3.8, 4) is 0 Å². The average molecular weight is 251 g/mol. The molecule has 0 unspecified atom stereocenters. The Labute approximate surface area is 108 Å². The lowest BCUT2D eigenvalue weighted by molar-refractivity contribution is -0.384. The molecule has 1 N–H and O–H groups in total. The Morgan fingerprint density at radius 3 is 2.61 bits per heavy atom. The highest BCUT2D eigenvalue weighted by Gasteiger charge is 2.08. The number of hydrogen-bond donors (Lipinski definition) is 1. The lowest BCUT2D eigenvalue weighted by Gasteiger charge is -2.21. The first kappa shape index (κ1) is 14.4. The summed E-state index contributed by atoms with van der Waals surface area (Å²) in [5.41, 5.74) is 1.99. The summed E-state index contributed by atoms with van der Waals surface area (Å²) in [7, 11) is 2.08. The van der Waals surface area contributed by atoms with E-state index in [4.69, 9.17) is 0 Å². The van der Waals surface area contributed by atoms with E-state index in [2.05, 4.69) is 31.1 Å². The SMILES string of the molecule is Cc1cc([N+](=O)[O-])ccc1NCCN(C)C(C)C. The molecule has 0 aliphatic carbocycles. The summed E-state index contributed by atoms with van der Waals surface area (Å²) < 4.78 is 0. The monoisotopic (exact) mass is 251 g/mol. The van der Waals surface area contributed by atoms with Gasteiger partial charge in [-0.05, 0) is 39.4 Å². The van der Waals surface area contributed by atoms with Crippen LogP contribution >= 0.6 is 0 Å². The Balaban J connectivity index is 2.56. The lowest BCUT2D eigenvalue weighted by atomic mass is 10.2. The number of nitro groups is 1. The van der Waals surface area contributed by atoms with E-state index in [1.807, 2.05) is 6.92 Å². The van der Waals surface area contributed by atoms with Crippen LogP contribution in [0.15, 0.2) is 18.2 Å². The molecule has 0 saturated heterocycles. The quantitative estimate of drug-likeness (QED) is 0.623. The molecule has 1 aromatic carbocycles. The highest BCUT2D eigenvalue weighted by molar-refractivity contribution is 5.55. The van der Waals surface area contributed by atoms with Crippen LogP contribution in [-0.2, 0) is 0 Å². The molecule has 0 atom stereocenters. The molecule has 0 aliphatic rings. The van der Waals surface area contributed by atoms with E-state index in [1.165, 1.54) is 6.07 Å². The number of aryl methyl sites for hydroxylation is 1. The Kier molecular flexibility index (Phi) is 5.09. The molecule has 0 aromatic heterocycles. The summed E-state index contributed by atoms with van der Waals surface area (Å²) in [5.74, 6) is 0. The number of nitro benzene ring substituents is 1. The maximum atomic E-state index is 10.6. The van der Waals surface area contributed by atoms with Crippen LogP contribution < -0.4 is 5.32 Å². The number of benzene rings is 1. The van der Waals surface area contributed by atoms with E-state index >= 15 is 0 Å². The summed E-state index contributed by atoms with van der Waals surface area (Å²) in [6, 6.07) is 5.41. The number of nitrogens with zero attached hydrogens (tertiary/aromatic N) is 2. The predicted molar refractivity (Wildman–Crippen MR) is 74.1 cm³/mol. The van der Waals surface area contributed by atoms with Gasteiger partial charge in [0.05, 0.1) is 4.92 Å². The van der Waals surface area contributed by atoms with Crippen molar-refractivity contribution in [2.45, 2.75) is 26.8 Å². The van der Waals surface area contributed by atoms with Gasteiger partial charge in [-0.15, -0.1) is 0 Å². The zero-order chi connectivity index (χ0) is 13.7. The molecule has 0 saturated carbocycles. The Hall–Kier alpha value is -1.62. The molecule has 0 radical (unpaired) electrons. The number of hydrogen-bond acceptors (Lipinski definition) is 4. The molecule has 0 spiro atoms. The van der Waals surface area contributed by atoms with E-state index in [-0.39, 0.29) is 10.6 Å². The minimum absolute atomic E-state index is 0.136. The second-order valence-electron chi connectivity index (χ2n) is 4.76.